The van der Waals surface area contributed by atoms with Crippen molar-refractivity contribution in [1.29, 1.82) is 0 Å². The fourth-order valence-corrected chi connectivity index (χ4v) is 2.67. The molecule has 0 spiro atoms. The monoisotopic (exact) mass is 287 g/mol. The molecule has 7 nitrogen and oxygen atoms in total. The van der Waals surface area contributed by atoms with Crippen LogP contribution in [0.1, 0.15) is 25.1 Å². The highest BCUT2D eigenvalue weighted by molar-refractivity contribution is 5.93. The summed E-state index contributed by atoms with van der Waals surface area (Å²) in [6.45, 7) is 1.81. The number of amides is 1. The van der Waals surface area contributed by atoms with Crippen LogP contribution in [0.5, 0.6) is 0 Å². The van der Waals surface area contributed by atoms with Gasteiger partial charge in [0.05, 0.1) is 17.7 Å². The average molecular weight is 287 g/mol. The van der Waals surface area contributed by atoms with E-state index in [1.807, 2.05) is 24.3 Å². The molecule has 2 aromatic rings. The van der Waals surface area contributed by atoms with E-state index in [9.17, 15) is 9.90 Å². The summed E-state index contributed by atoms with van der Waals surface area (Å²) in [6, 6.07) is 7.31. The van der Waals surface area contributed by atoms with Gasteiger partial charge in [0.2, 0.25) is 5.91 Å². The van der Waals surface area contributed by atoms with Gasteiger partial charge in [-0.05, 0) is 54.8 Å². The summed E-state index contributed by atoms with van der Waals surface area (Å²) in [7, 11) is 0. The van der Waals surface area contributed by atoms with Crippen LogP contribution in [0.4, 0.5) is 5.69 Å². The number of anilines is 1. The Balaban J connectivity index is 1.77. The molecule has 1 aromatic heterocycles. The van der Waals surface area contributed by atoms with Crippen LogP contribution in [0.15, 0.2) is 24.3 Å². The minimum atomic E-state index is -0.532. The molecule has 3 rings (SSSR count). The number of aliphatic hydroxyl groups excluding tert-OH is 1. The molecule has 1 aromatic carbocycles. The SMILES string of the molecule is Cc1nnnn1-c1cccc(NC(=O)C2CCCC2O)c1. The molecule has 1 saturated carbocycles. The molecule has 2 atom stereocenters. The summed E-state index contributed by atoms with van der Waals surface area (Å²) >= 11 is 0. The highest BCUT2D eigenvalue weighted by Crippen LogP contribution is 2.27. The van der Waals surface area contributed by atoms with Gasteiger partial charge in [-0.25, -0.2) is 0 Å². The number of nitrogens with zero attached hydrogens (tertiary/aromatic N) is 4. The van der Waals surface area contributed by atoms with E-state index in [-0.39, 0.29) is 11.8 Å². The summed E-state index contributed by atoms with van der Waals surface area (Å²) < 4.78 is 1.60. The van der Waals surface area contributed by atoms with Crippen molar-refractivity contribution in [2.75, 3.05) is 5.32 Å². The minimum absolute atomic E-state index is 0.134. The first-order chi connectivity index (χ1) is 10.1. The predicted molar refractivity (Wildman–Crippen MR) is 75.9 cm³/mol. The maximum atomic E-state index is 12.2. The topological polar surface area (TPSA) is 92.9 Å². The number of benzene rings is 1. The summed E-state index contributed by atoms with van der Waals surface area (Å²) in [4.78, 5) is 12.2. The van der Waals surface area contributed by atoms with Gasteiger partial charge in [-0.1, -0.05) is 6.07 Å². The van der Waals surface area contributed by atoms with Crippen LogP contribution < -0.4 is 5.32 Å². The second-order valence-electron chi connectivity index (χ2n) is 5.28. The third-order valence-corrected chi connectivity index (χ3v) is 3.80. The molecular weight excluding hydrogens is 270 g/mol. The van der Waals surface area contributed by atoms with Crippen LogP contribution in [0, 0.1) is 12.8 Å². The minimum Gasteiger partial charge on any atom is -0.392 e. The Morgan fingerprint density at radius 2 is 2.29 bits per heavy atom. The number of rotatable bonds is 3. The van der Waals surface area contributed by atoms with E-state index in [2.05, 4.69) is 20.8 Å². The van der Waals surface area contributed by atoms with Crippen molar-refractivity contribution in [3.63, 3.8) is 0 Å². The number of carbonyl (C=O) groups excluding carboxylic acids is 1. The first kappa shape index (κ1) is 13.7. The van der Waals surface area contributed by atoms with E-state index in [1.165, 1.54) is 0 Å². The van der Waals surface area contributed by atoms with Crippen LogP contribution in [-0.4, -0.2) is 37.3 Å². The lowest BCUT2D eigenvalue weighted by molar-refractivity contribution is -0.122. The Morgan fingerprint density at radius 1 is 1.43 bits per heavy atom. The van der Waals surface area contributed by atoms with Crippen molar-refractivity contribution in [3.05, 3.63) is 30.1 Å². The molecule has 21 heavy (non-hydrogen) atoms. The van der Waals surface area contributed by atoms with Crippen molar-refractivity contribution in [3.8, 4) is 5.69 Å². The molecule has 7 heteroatoms. The molecule has 1 fully saturated rings. The number of hydrogen-bond acceptors (Lipinski definition) is 5. The normalized spacial score (nSPS) is 21.4. The van der Waals surface area contributed by atoms with Gasteiger partial charge in [0, 0.05) is 5.69 Å². The first-order valence-electron chi connectivity index (χ1n) is 6.99. The highest BCUT2D eigenvalue weighted by atomic mass is 16.3. The molecule has 1 aliphatic carbocycles. The lowest BCUT2D eigenvalue weighted by atomic mass is 10.1. The molecule has 2 N–H and O–H groups in total. The number of nitrogens with one attached hydrogen (secondary N) is 1. The van der Waals surface area contributed by atoms with E-state index >= 15 is 0 Å². The molecule has 1 amide bonds. The molecule has 0 radical (unpaired) electrons. The second kappa shape index (κ2) is 5.61. The average Bonchev–Trinajstić information content (AvgIpc) is 3.07. The quantitative estimate of drug-likeness (QED) is 0.881. The Bertz CT molecular complexity index is 654. The van der Waals surface area contributed by atoms with Gasteiger partial charge in [0.25, 0.3) is 0 Å². The zero-order chi connectivity index (χ0) is 14.8. The Kier molecular flexibility index (Phi) is 3.66. The van der Waals surface area contributed by atoms with Crippen molar-refractivity contribution >= 4 is 11.6 Å². The standard InChI is InChI=1S/C14H17N5O2/c1-9-16-17-18-19(9)11-5-2-4-10(8-11)15-14(21)12-6-3-7-13(12)20/h2,4-5,8,12-13,20H,3,6-7H2,1H3,(H,15,21). The largest absolute Gasteiger partial charge is 0.392 e. The van der Waals surface area contributed by atoms with Crippen molar-refractivity contribution in [1.82, 2.24) is 20.2 Å². The summed E-state index contributed by atoms with van der Waals surface area (Å²) in [5, 5.41) is 24.0. The lowest BCUT2D eigenvalue weighted by Gasteiger charge is -2.14. The maximum Gasteiger partial charge on any atom is 0.230 e. The van der Waals surface area contributed by atoms with E-state index in [4.69, 9.17) is 0 Å². The molecule has 0 bridgehead atoms. The van der Waals surface area contributed by atoms with E-state index in [0.717, 1.165) is 18.5 Å². The number of tetrazole rings is 1. The smallest absolute Gasteiger partial charge is 0.230 e. The number of aryl methyl sites for hydroxylation is 1. The molecule has 2 unspecified atom stereocenters. The van der Waals surface area contributed by atoms with Crippen LogP contribution >= 0.6 is 0 Å². The fourth-order valence-electron chi connectivity index (χ4n) is 2.67. The number of carbonyl (C=O) groups is 1. The van der Waals surface area contributed by atoms with Crippen LogP contribution in [0.25, 0.3) is 5.69 Å². The van der Waals surface area contributed by atoms with Gasteiger partial charge in [-0.2, -0.15) is 4.68 Å². The predicted octanol–water partition coefficient (Wildman–Crippen LogP) is 1.07. The van der Waals surface area contributed by atoms with Gasteiger partial charge in [-0.3, -0.25) is 4.79 Å². The lowest BCUT2D eigenvalue weighted by Crippen LogP contribution is -2.28. The fraction of sp³-hybridized carbons (Fsp3) is 0.429. The van der Waals surface area contributed by atoms with Gasteiger partial charge in [0.15, 0.2) is 5.82 Å². The molecule has 1 heterocycles. The Morgan fingerprint density at radius 3 is 2.95 bits per heavy atom. The van der Waals surface area contributed by atoms with Crippen LogP contribution in [0.2, 0.25) is 0 Å². The third kappa shape index (κ3) is 2.78. The van der Waals surface area contributed by atoms with Crippen LogP contribution in [-0.2, 0) is 4.79 Å². The van der Waals surface area contributed by atoms with Crippen molar-refractivity contribution in [2.24, 2.45) is 5.92 Å². The summed E-state index contributed by atoms with van der Waals surface area (Å²) in [6.07, 6.45) is 1.79. The molecule has 110 valence electrons. The van der Waals surface area contributed by atoms with Crippen LogP contribution in [0.3, 0.4) is 0 Å². The van der Waals surface area contributed by atoms with Gasteiger partial charge in [-0.15, -0.1) is 5.10 Å². The molecule has 1 aliphatic rings. The zero-order valence-electron chi connectivity index (χ0n) is 11.7. The van der Waals surface area contributed by atoms with Gasteiger partial charge >= 0.3 is 0 Å². The Hall–Kier alpha value is -2.28. The van der Waals surface area contributed by atoms with Gasteiger partial charge < -0.3 is 10.4 Å². The molecular formula is C14H17N5O2. The third-order valence-electron chi connectivity index (χ3n) is 3.80. The Labute approximate surface area is 122 Å². The van der Waals surface area contributed by atoms with Crippen molar-refractivity contribution in [2.45, 2.75) is 32.3 Å². The summed E-state index contributed by atoms with van der Waals surface area (Å²) in [5.41, 5.74) is 1.45. The second-order valence-corrected chi connectivity index (χ2v) is 5.28. The first-order valence-corrected chi connectivity index (χ1v) is 6.99. The molecule has 0 saturated heterocycles. The highest BCUT2D eigenvalue weighted by Gasteiger charge is 2.31. The zero-order valence-corrected chi connectivity index (χ0v) is 11.7. The maximum absolute atomic E-state index is 12.2. The van der Waals surface area contributed by atoms with E-state index < -0.39 is 6.10 Å². The van der Waals surface area contributed by atoms with Gasteiger partial charge in [0.1, 0.15) is 0 Å². The van der Waals surface area contributed by atoms with E-state index in [0.29, 0.717) is 17.9 Å². The van der Waals surface area contributed by atoms with E-state index in [1.54, 1.807) is 11.6 Å². The number of aromatic nitrogens is 4. The molecule has 0 aliphatic heterocycles. The summed E-state index contributed by atoms with van der Waals surface area (Å²) in [5.74, 6) is 0.221. The van der Waals surface area contributed by atoms with Crippen molar-refractivity contribution < 1.29 is 9.90 Å². The number of hydrogen-bond donors (Lipinski definition) is 2. The number of aliphatic hydroxyl groups is 1.